The molecular formula is C7H8ClN3O2S. The zero-order valence-electron chi connectivity index (χ0n) is 7.17. The van der Waals surface area contributed by atoms with Crippen molar-refractivity contribution in [2.24, 2.45) is 0 Å². The van der Waals surface area contributed by atoms with Crippen LogP contribution < -0.4 is 0 Å². The van der Waals surface area contributed by atoms with Gasteiger partial charge in [-0.15, -0.1) is 10.2 Å². The van der Waals surface area contributed by atoms with Crippen molar-refractivity contribution in [3.8, 4) is 0 Å². The molecule has 0 saturated carbocycles. The van der Waals surface area contributed by atoms with E-state index in [0.29, 0.717) is 5.02 Å². The third kappa shape index (κ3) is 6.27. The molecule has 0 aromatic carbocycles. The van der Waals surface area contributed by atoms with Crippen molar-refractivity contribution in [1.82, 2.24) is 15.4 Å². The molecule has 0 saturated heterocycles. The smallest absolute Gasteiger partial charge is 0.191 e. The molecule has 0 aliphatic heterocycles. The number of hydrogen-bond donors (Lipinski definition) is 0. The molecular weight excluding hydrogens is 226 g/mol. The van der Waals surface area contributed by atoms with Gasteiger partial charge in [0.25, 0.3) is 0 Å². The summed E-state index contributed by atoms with van der Waals surface area (Å²) in [4.78, 5) is 0. The summed E-state index contributed by atoms with van der Waals surface area (Å²) in [6.07, 6.45) is 2.85. The molecule has 0 bridgehead atoms. The highest BCUT2D eigenvalue weighted by molar-refractivity contribution is 7.97. The summed E-state index contributed by atoms with van der Waals surface area (Å²) in [7, 11) is -3.13. The molecule has 0 aliphatic rings. The van der Waals surface area contributed by atoms with Gasteiger partial charge in [0, 0.05) is 10.8 Å². The Bertz CT molecular complexity index is 377. The van der Waals surface area contributed by atoms with Crippen LogP contribution in [-0.4, -0.2) is 23.8 Å². The van der Waals surface area contributed by atoms with Crippen LogP contribution in [0.1, 0.15) is 0 Å². The predicted octanol–water partition coefficient (Wildman–Crippen LogP) is 1.21. The van der Waals surface area contributed by atoms with Crippen molar-refractivity contribution in [1.29, 1.82) is 0 Å². The molecule has 1 heterocycles. The van der Waals surface area contributed by atoms with Crippen LogP contribution in [0.15, 0.2) is 36.4 Å². The van der Waals surface area contributed by atoms with E-state index in [-0.39, 0.29) is 0 Å². The van der Waals surface area contributed by atoms with Gasteiger partial charge in [0.2, 0.25) is 0 Å². The van der Waals surface area contributed by atoms with Crippen molar-refractivity contribution in [3.05, 3.63) is 41.4 Å². The van der Waals surface area contributed by atoms with Crippen molar-refractivity contribution >= 4 is 21.4 Å². The minimum absolute atomic E-state index is 0.509. The average molecular weight is 234 g/mol. The second-order valence-electron chi connectivity index (χ2n) is 1.89. The fraction of sp³-hybridized carbons (Fsp3) is 0. The number of halogens is 1. The van der Waals surface area contributed by atoms with Crippen LogP contribution in [0, 0.1) is 0 Å². The third-order valence-corrected chi connectivity index (χ3v) is 2.05. The summed E-state index contributed by atoms with van der Waals surface area (Å²) in [5.74, 6) is 0. The highest BCUT2D eigenvalue weighted by Crippen LogP contribution is 1.97. The molecule has 0 atom stereocenters. The summed E-state index contributed by atoms with van der Waals surface area (Å²) >= 11 is 5.37. The maximum Gasteiger partial charge on any atom is 0.191 e. The maximum atomic E-state index is 10.1. The largest absolute Gasteiger partial charge is 0.220 e. The lowest BCUT2D eigenvalue weighted by Crippen LogP contribution is -1.83. The van der Waals surface area contributed by atoms with Gasteiger partial charge < -0.3 is 0 Å². The zero-order chi connectivity index (χ0) is 11.0. The van der Waals surface area contributed by atoms with Gasteiger partial charge in [-0.1, -0.05) is 24.8 Å². The van der Waals surface area contributed by atoms with Crippen molar-refractivity contribution in [3.63, 3.8) is 0 Å². The van der Waals surface area contributed by atoms with Crippen LogP contribution in [0.4, 0.5) is 0 Å². The van der Waals surface area contributed by atoms with E-state index < -0.39 is 9.84 Å². The van der Waals surface area contributed by atoms with E-state index >= 15 is 0 Å². The second-order valence-corrected chi connectivity index (χ2v) is 4.17. The van der Waals surface area contributed by atoms with Gasteiger partial charge in [0.05, 0.1) is 17.4 Å². The molecule has 0 spiro atoms. The van der Waals surface area contributed by atoms with Crippen LogP contribution in [-0.2, 0) is 9.84 Å². The number of hydrogen-bond acceptors (Lipinski definition) is 5. The maximum absolute atomic E-state index is 10.1. The summed E-state index contributed by atoms with van der Waals surface area (Å²) < 4.78 is 20.3. The van der Waals surface area contributed by atoms with Crippen LogP contribution in [0.3, 0.4) is 0 Å². The molecule has 0 fully saturated rings. The van der Waals surface area contributed by atoms with Crippen molar-refractivity contribution in [2.45, 2.75) is 0 Å². The van der Waals surface area contributed by atoms with E-state index in [1.54, 1.807) is 0 Å². The topological polar surface area (TPSA) is 72.8 Å². The highest BCUT2D eigenvalue weighted by atomic mass is 35.5. The quantitative estimate of drug-likeness (QED) is 0.768. The first-order chi connectivity index (χ1) is 6.52. The molecule has 0 unspecified atom stereocenters. The van der Waals surface area contributed by atoms with Gasteiger partial charge in [0.15, 0.2) is 9.84 Å². The fourth-order valence-corrected chi connectivity index (χ4v) is 0.517. The van der Waals surface area contributed by atoms with E-state index in [1.165, 1.54) is 12.4 Å². The fourth-order valence-electron chi connectivity index (χ4n) is 0.293. The van der Waals surface area contributed by atoms with Gasteiger partial charge >= 0.3 is 0 Å². The van der Waals surface area contributed by atoms with Gasteiger partial charge in [0.1, 0.15) is 0 Å². The van der Waals surface area contributed by atoms with E-state index in [0.717, 1.165) is 10.8 Å². The Morgan fingerprint density at radius 2 is 1.64 bits per heavy atom. The second kappa shape index (κ2) is 6.22. The van der Waals surface area contributed by atoms with E-state index in [4.69, 9.17) is 11.6 Å². The lowest BCUT2D eigenvalue weighted by atomic mass is 10.7. The predicted molar refractivity (Wildman–Crippen MR) is 54.2 cm³/mol. The first kappa shape index (κ1) is 12.7. The van der Waals surface area contributed by atoms with Crippen LogP contribution in [0.2, 0.25) is 5.02 Å². The minimum Gasteiger partial charge on any atom is -0.220 e. The van der Waals surface area contributed by atoms with E-state index in [1.807, 2.05) is 0 Å². The Kier molecular flexibility index (Phi) is 5.66. The Morgan fingerprint density at radius 3 is 1.79 bits per heavy atom. The zero-order valence-corrected chi connectivity index (χ0v) is 8.74. The number of sulfone groups is 1. The molecule has 1 rings (SSSR count). The Balaban J connectivity index is 0.000000241. The number of aromatic nitrogens is 3. The van der Waals surface area contributed by atoms with Crippen LogP contribution >= 0.6 is 11.6 Å². The summed E-state index contributed by atoms with van der Waals surface area (Å²) in [6.45, 7) is 6.09. The average Bonchev–Trinajstić information content (AvgIpc) is 2.20. The third-order valence-electron chi connectivity index (χ3n) is 0.930. The van der Waals surface area contributed by atoms with Crippen molar-refractivity contribution in [2.75, 3.05) is 0 Å². The Morgan fingerprint density at radius 1 is 1.21 bits per heavy atom. The van der Waals surface area contributed by atoms with Crippen LogP contribution in [0.5, 0.6) is 0 Å². The van der Waals surface area contributed by atoms with Gasteiger partial charge in [-0.25, -0.2) is 8.42 Å². The molecule has 0 aliphatic carbocycles. The lowest BCUT2D eigenvalue weighted by molar-refractivity contribution is 0.613. The van der Waals surface area contributed by atoms with Gasteiger partial charge in [-0.2, -0.15) is 0 Å². The Labute approximate surface area is 87.0 Å². The summed E-state index contributed by atoms with van der Waals surface area (Å²) in [6, 6.07) is 0. The molecule has 1 aromatic heterocycles. The monoisotopic (exact) mass is 233 g/mol. The number of nitrogens with zero attached hydrogens (tertiary/aromatic N) is 3. The molecule has 76 valence electrons. The minimum atomic E-state index is -3.13. The van der Waals surface area contributed by atoms with Crippen LogP contribution in [0.25, 0.3) is 0 Å². The first-order valence-corrected chi connectivity index (χ1v) is 5.29. The molecule has 0 radical (unpaired) electrons. The van der Waals surface area contributed by atoms with Gasteiger partial charge in [-0.3, -0.25) is 0 Å². The molecule has 0 N–H and O–H groups in total. The van der Waals surface area contributed by atoms with E-state index in [9.17, 15) is 8.42 Å². The van der Waals surface area contributed by atoms with Crippen molar-refractivity contribution < 1.29 is 8.42 Å². The van der Waals surface area contributed by atoms with Gasteiger partial charge in [-0.05, 0) is 5.21 Å². The molecule has 0 amide bonds. The first-order valence-electron chi connectivity index (χ1n) is 3.30. The Hall–Kier alpha value is -1.27. The molecule has 14 heavy (non-hydrogen) atoms. The highest BCUT2D eigenvalue weighted by Gasteiger charge is 1.90. The SMILES string of the molecule is C=CS(=O)(=O)C=C.Clc1cnnnc1. The summed E-state index contributed by atoms with van der Waals surface area (Å²) in [5.41, 5.74) is 0. The normalized spacial score (nSPS) is 9.50. The standard InChI is InChI=1S/C4H6O2S.C3H2ClN3/c1-3-7(5,6)4-2;4-3-1-5-7-6-2-3/h3-4H,1-2H2;1-2H. The molecule has 7 heteroatoms. The molecule has 5 nitrogen and oxygen atoms in total. The lowest BCUT2D eigenvalue weighted by Gasteiger charge is -1.78. The molecule has 1 aromatic rings. The summed E-state index contributed by atoms with van der Waals surface area (Å²) in [5, 5.41) is 12.2. The number of rotatable bonds is 2. The van der Waals surface area contributed by atoms with E-state index in [2.05, 4.69) is 28.6 Å².